The van der Waals surface area contributed by atoms with Gasteiger partial charge in [0.25, 0.3) is 0 Å². The summed E-state index contributed by atoms with van der Waals surface area (Å²) >= 11 is 1.69. The topological polar surface area (TPSA) is 58.3 Å². The summed E-state index contributed by atoms with van der Waals surface area (Å²) in [6, 6.07) is 0. The number of hydrogen-bond donors (Lipinski definition) is 1. The van der Waals surface area contributed by atoms with Gasteiger partial charge in [-0.25, -0.2) is 4.98 Å². The molecule has 0 aliphatic carbocycles. The normalized spacial score (nSPS) is 12.7. The van der Waals surface area contributed by atoms with Gasteiger partial charge in [0.1, 0.15) is 5.01 Å². The highest BCUT2D eigenvalue weighted by Gasteiger charge is 2.18. The van der Waals surface area contributed by atoms with E-state index in [0.29, 0.717) is 12.5 Å². The van der Waals surface area contributed by atoms with Crippen molar-refractivity contribution in [1.82, 2.24) is 25.0 Å². The molecule has 0 radical (unpaired) electrons. The van der Waals surface area contributed by atoms with E-state index < -0.39 is 0 Å². The zero-order valence-electron chi connectivity index (χ0n) is 17.3. The van der Waals surface area contributed by atoms with E-state index >= 15 is 0 Å². The third kappa shape index (κ3) is 5.06. The largest absolute Gasteiger partial charge is 0.350 e. The summed E-state index contributed by atoms with van der Waals surface area (Å²) in [5.41, 5.74) is 3.60. The van der Waals surface area contributed by atoms with Crippen molar-refractivity contribution in [3.05, 3.63) is 33.5 Å². The van der Waals surface area contributed by atoms with Crippen molar-refractivity contribution in [1.29, 1.82) is 0 Å². The SMILES string of the molecule is CN=C(NCc1nc(C(C)(C)C)cs1)N(C)Cc1cn(C)nc1C(C)C. The molecule has 2 heterocycles. The molecule has 0 saturated heterocycles. The first-order valence-corrected chi connectivity index (χ1v) is 9.88. The van der Waals surface area contributed by atoms with E-state index in [1.165, 1.54) is 5.56 Å². The molecule has 0 unspecified atom stereocenters. The maximum atomic E-state index is 4.74. The Balaban J connectivity index is 2.01. The minimum Gasteiger partial charge on any atom is -0.350 e. The van der Waals surface area contributed by atoms with Crippen LogP contribution in [0.2, 0.25) is 0 Å². The molecule has 0 spiro atoms. The minimum atomic E-state index is 0.0841. The van der Waals surface area contributed by atoms with Gasteiger partial charge in [-0.3, -0.25) is 9.67 Å². The van der Waals surface area contributed by atoms with Crippen LogP contribution < -0.4 is 5.32 Å². The fourth-order valence-corrected chi connectivity index (χ4v) is 3.73. The molecule has 2 rings (SSSR count). The molecule has 0 saturated carbocycles. The van der Waals surface area contributed by atoms with Gasteiger partial charge in [-0.15, -0.1) is 11.3 Å². The first-order valence-electron chi connectivity index (χ1n) is 9.01. The Bertz CT molecular complexity index is 750. The fourth-order valence-electron chi connectivity index (χ4n) is 2.77. The molecule has 0 atom stereocenters. The van der Waals surface area contributed by atoms with E-state index in [2.05, 4.69) is 73.6 Å². The van der Waals surface area contributed by atoms with Crippen molar-refractivity contribution in [3.63, 3.8) is 0 Å². The maximum Gasteiger partial charge on any atom is 0.194 e. The van der Waals surface area contributed by atoms with Crippen LogP contribution in [-0.2, 0) is 25.6 Å². The smallest absolute Gasteiger partial charge is 0.194 e. The molecule has 0 aliphatic rings. The Labute approximate surface area is 161 Å². The number of nitrogens with zero attached hydrogens (tertiary/aromatic N) is 5. The molecule has 0 bridgehead atoms. The molecular weight excluding hydrogens is 344 g/mol. The summed E-state index contributed by atoms with van der Waals surface area (Å²) in [4.78, 5) is 11.3. The Morgan fingerprint density at radius 2 is 2.08 bits per heavy atom. The molecule has 6 nitrogen and oxygen atoms in total. The Morgan fingerprint density at radius 1 is 1.38 bits per heavy atom. The number of aliphatic imine (C=N–C) groups is 1. The lowest BCUT2D eigenvalue weighted by atomic mass is 9.93. The maximum absolute atomic E-state index is 4.74. The molecule has 0 aromatic carbocycles. The van der Waals surface area contributed by atoms with Crippen LogP contribution in [0.4, 0.5) is 0 Å². The van der Waals surface area contributed by atoms with Crippen LogP contribution in [0.1, 0.15) is 62.5 Å². The summed E-state index contributed by atoms with van der Waals surface area (Å²) in [7, 11) is 5.83. The van der Waals surface area contributed by atoms with Gasteiger partial charge >= 0.3 is 0 Å². The molecule has 1 N–H and O–H groups in total. The summed E-state index contributed by atoms with van der Waals surface area (Å²) in [5.74, 6) is 1.26. The molecule has 0 aliphatic heterocycles. The Hall–Kier alpha value is -1.89. The van der Waals surface area contributed by atoms with E-state index in [9.17, 15) is 0 Å². The van der Waals surface area contributed by atoms with Gasteiger partial charge in [0.2, 0.25) is 0 Å². The fraction of sp³-hybridized carbons (Fsp3) is 0.632. The summed E-state index contributed by atoms with van der Waals surface area (Å²) in [6.07, 6.45) is 2.09. The van der Waals surface area contributed by atoms with Crippen molar-refractivity contribution in [3.8, 4) is 0 Å². The number of hydrogen-bond acceptors (Lipinski definition) is 4. The van der Waals surface area contributed by atoms with Crippen LogP contribution >= 0.6 is 11.3 Å². The predicted octanol–water partition coefficient (Wildman–Crippen LogP) is 3.50. The highest BCUT2D eigenvalue weighted by atomic mass is 32.1. The van der Waals surface area contributed by atoms with Crippen LogP contribution in [0.25, 0.3) is 0 Å². The molecule has 26 heavy (non-hydrogen) atoms. The number of thiazole rings is 1. The van der Waals surface area contributed by atoms with E-state index in [-0.39, 0.29) is 5.41 Å². The van der Waals surface area contributed by atoms with Gasteiger partial charge in [0.05, 0.1) is 17.9 Å². The van der Waals surface area contributed by atoms with Crippen molar-refractivity contribution >= 4 is 17.3 Å². The van der Waals surface area contributed by atoms with Crippen molar-refractivity contribution in [2.24, 2.45) is 12.0 Å². The van der Waals surface area contributed by atoms with Crippen molar-refractivity contribution in [2.45, 2.75) is 59.0 Å². The van der Waals surface area contributed by atoms with E-state index in [4.69, 9.17) is 4.98 Å². The molecule has 2 aromatic heterocycles. The zero-order valence-corrected chi connectivity index (χ0v) is 18.1. The number of aryl methyl sites for hydroxylation is 1. The average molecular weight is 377 g/mol. The quantitative estimate of drug-likeness (QED) is 0.641. The average Bonchev–Trinajstić information content (AvgIpc) is 3.14. The molecule has 0 amide bonds. The van der Waals surface area contributed by atoms with Gasteiger partial charge in [-0.2, -0.15) is 5.10 Å². The summed E-state index contributed by atoms with van der Waals surface area (Å²) in [6.45, 7) is 12.4. The molecular formula is C19H32N6S. The molecule has 144 valence electrons. The van der Waals surface area contributed by atoms with Gasteiger partial charge in [0, 0.05) is 50.2 Å². The number of nitrogens with one attached hydrogen (secondary N) is 1. The molecule has 0 fully saturated rings. The standard InChI is InChI=1S/C19H32N6S/c1-13(2)17-14(11-25(8)23-17)10-24(7)18(20-6)21-9-16-22-15(12-26-16)19(3,4)5/h11-13H,9-10H2,1-8H3,(H,20,21). The van der Waals surface area contributed by atoms with Gasteiger partial charge in [-0.05, 0) is 5.92 Å². The van der Waals surface area contributed by atoms with E-state index in [1.54, 1.807) is 11.3 Å². The minimum absolute atomic E-state index is 0.0841. The summed E-state index contributed by atoms with van der Waals surface area (Å²) in [5, 5.41) is 11.2. The first-order chi connectivity index (χ1) is 12.1. The van der Waals surface area contributed by atoms with E-state index in [0.717, 1.165) is 28.9 Å². The molecule has 2 aromatic rings. The monoisotopic (exact) mass is 376 g/mol. The lowest BCUT2D eigenvalue weighted by molar-refractivity contribution is 0.473. The Kier molecular flexibility index (Phi) is 6.44. The number of guanidine groups is 1. The zero-order chi connectivity index (χ0) is 19.5. The number of aromatic nitrogens is 3. The second-order valence-electron chi connectivity index (χ2n) is 8.00. The summed E-state index contributed by atoms with van der Waals surface area (Å²) < 4.78 is 1.89. The lowest BCUT2D eigenvalue weighted by Gasteiger charge is -2.22. The van der Waals surface area contributed by atoms with E-state index in [1.807, 2.05) is 18.8 Å². The van der Waals surface area contributed by atoms with Crippen LogP contribution in [-0.4, -0.2) is 39.7 Å². The van der Waals surface area contributed by atoms with Gasteiger partial charge in [0.15, 0.2) is 5.96 Å². The Morgan fingerprint density at radius 3 is 2.62 bits per heavy atom. The number of rotatable bonds is 5. The predicted molar refractivity (Wildman–Crippen MR) is 110 cm³/mol. The molecule has 7 heteroatoms. The lowest BCUT2D eigenvalue weighted by Crippen LogP contribution is -2.38. The third-order valence-corrected chi connectivity index (χ3v) is 5.03. The third-order valence-electron chi connectivity index (χ3n) is 4.18. The second kappa shape index (κ2) is 8.20. The highest BCUT2D eigenvalue weighted by molar-refractivity contribution is 7.09. The second-order valence-corrected chi connectivity index (χ2v) is 8.94. The van der Waals surface area contributed by atoms with Gasteiger partial charge in [-0.1, -0.05) is 34.6 Å². The van der Waals surface area contributed by atoms with Crippen LogP contribution in [0.5, 0.6) is 0 Å². The van der Waals surface area contributed by atoms with Crippen molar-refractivity contribution in [2.75, 3.05) is 14.1 Å². The van der Waals surface area contributed by atoms with Crippen LogP contribution in [0.3, 0.4) is 0 Å². The first kappa shape index (κ1) is 20.4. The van der Waals surface area contributed by atoms with Crippen LogP contribution in [0, 0.1) is 0 Å². The van der Waals surface area contributed by atoms with Crippen LogP contribution in [0.15, 0.2) is 16.6 Å². The highest BCUT2D eigenvalue weighted by Crippen LogP contribution is 2.24. The van der Waals surface area contributed by atoms with Crippen molar-refractivity contribution < 1.29 is 0 Å². The van der Waals surface area contributed by atoms with Gasteiger partial charge < -0.3 is 10.2 Å².